The van der Waals surface area contributed by atoms with E-state index in [4.69, 9.17) is 10.5 Å². The van der Waals surface area contributed by atoms with Crippen molar-refractivity contribution < 1.29 is 9.53 Å². The minimum atomic E-state index is 0.0000943. The summed E-state index contributed by atoms with van der Waals surface area (Å²) >= 11 is 0. The Bertz CT molecular complexity index is 1270. The molecular formula is C24H23N5O2. The number of anilines is 1. The van der Waals surface area contributed by atoms with Gasteiger partial charge in [-0.2, -0.15) is 0 Å². The quantitative estimate of drug-likeness (QED) is 0.527. The molecule has 5 rings (SSSR count). The van der Waals surface area contributed by atoms with Gasteiger partial charge in [0.15, 0.2) is 0 Å². The summed E-state index contributed by atoms with van der Waals surface area (Å²) in [4.78, 5) is 22.4. The normalized spacial score (nSPS) is 21.4. The first-order valence-corrected chi connectivity index (χ1v) is 10.2. The van der Waals surface area contributed by atoms with Crippen LogP contribution in [0.2, 0.25) is 0 Å². The second-order valence-electron chi connectivity index (χ2n) is 8.01. The molecule has 0 radical (unpaired) electrons. The van der Waals surface area contributed by atoms with Crippen LogP contribution in [0, 0.1) is 29.6 Å². The average Bonchev–Trinajstić information content (AvgIpc) is 3.11. The number of carbonyl (C=O) groups is 1. The van der Waals surface area contributed by atoms with Gasteiger partial charge in [-0.25, -0.2) is 9.97 Å². The Hall–Kier alpha value is -3.79. The minimum absolute atomic E-state index is 0.0000943. The molecule has 1 aliphatic carbocycles. The molecular weight excluding hydrogens is 390 g/mol. The van der Waals surface area contributed by atoms with E-state index < -0.39 is 0 Å². The van der Waals surface area contributed by atoms with Gasteiger partial charge in [0.25, 0.3) is 0 Å². The summed E-state index contributed by atoms with van der Waals surface area (Å²) in [6.07, 6.45) is 2.85. The largest absolute Gasteiger partial charge is 0.496 e. The van der Waals surface area contributed by atoms with E-state index in [0.717, 1.165) is 46.7 Å². The molecule has 1 amide bonds. The molecule has 2 aromatic heterocycles. The summed E-state index contributed by atoms with van der Waals surface area (Å²) in [6, 6.07) is 7.81. The van der Waals surface area contributed by atoms with Gasteiger partial charge in [0.05, 0.1) is 12.5 Å². The smallest absolute Gasteiger partial charge is 0.245 e. The van der Waals surface area contributed by atoms with Crippen molar-refractivity contribution in [1.29, 1.82) is 0 Å². The highest BCUT2D eigenvalue weighted by atomic mass is 16.5. The third kappa shape index (κ3) is 2.95. The molecule has 1 aromatic carbocycles. The summed E-state index contributed by atoms with van der Waals surface area (Å²) in [6.45, 7) is 5.08. The van der Waals surface area contributed by atoms with Gasteiger partial charge in [-0.1, -0.05) is 30.7 Å². The summed E-state index contributed by atoms with van der Waals surface area (Å²) in [5.74, 6) is 9.18. The first-order valence-electron chi connectivity index (χ1n) is 10.2. The molecule has 2 fully saturated rings. The standard InChI is InChI=1S/C24H23N5O2/c1-4-20(30)29-11-16-14(17(16)12-29)9-10-18-21(15-7-5-6-8-19(15)31-3)22-23(25)26-13-27-24(22)28(18)2/h4-8,13-14,16-17H,1,11-12H2,2-3H3,(H2,25,26,27)/t14-,16-,17+. The first kappa shape index (κ1) is 19.2. The number of aryl methyl sites for hydroxylation is 1. The number of nitrogens with zero attached hydrogens (tertiary/aromatic N) is 4. The SMILES string of the molecule is C=CC(=O)N1C[C@@H]2[C@@H](C#Cc3c(-c4ccccc4OC)c4c(N)ncnc4n3C)[C@@H]2C1. The number of rotatable bonds is 3. The molecule has 3 atom stereocenters. The number of benzene rings is 1. The van der Waals surface area contributed by atoms with Crippen molar-refractivity contribution in [2.75, 3.05) is 25.9 Å². The molecule has 156 valence electrons. The van der Waals surface area contributed by atoms with Crippen molar-refractivity contribution >= 4 is 22.8 Å². The van der Waals surface area contributed by atoms with Crippen molar-refractivity contribution in [3.63, 3.8) is 0 Å². The zero-order chi connectivity index (χ0) is 21.7. The van der Waals surface area contributed by atoms with Gasteiger partial charge >= 0.3 is 0 Å². The molecule has 1 saturated carbocycles. The van der Waals surface area contributed by atoms with Crippen LogP contribution in [0.4, 0.5) is 5.82 Å². The maximum atomic E-state index is 11.8. The molecule has 31 heavy (non-hydrogen) atoms. The second-order valence-corrected chi connectivity index (χ2v) is 8.01. The monoisotopic (exact) mass is 413 g/mol. The van der Waals surface area contributed by atoms with E-state index in [-0.39, 0.29) is 5.91 Å². The lowest BCUT2D eigenvalue weighted by molar-refractivity contribution is -0.125. The maximum absolute atomic E-state index is 11.8. The Morgan fingerprint density at radius 2 is 2.03 bits per heavy atom. The number of methoxy groups -OCH3 is 1. The highest BCUT2D eigenvalue weighted by molar-refractivity contribution is 6.04. The molecule has 1 saturated heterocycles. The number of hydrogen-bond acceptors (Lipinski definition) is 5. The third-order valence-electron chi connectivity index (χ3n) is 6.41. The summed E-state index contributed by atoms with van der Waals surface area (Å²) < 4.78 is 7.58. The van der Waals surface area contributed by atoms with Crippen molar-refractivity contribution in [3.8, 4) is 28.7 Å². The Kier molecular flexibility index (Phi) is 4.44. The number of nitrogens with two attached hydrogens (primary N) is 1. The van der Waals surface area contributed by atoms with E-state index in [1.54, 1.807) is 7.11 Å². The van der Waals surface area contributed by atoms with Gasteiger partial charge in [-0.15, -0.1) is 0 Å². The Balaban J connectivity index is 1.58. The molecule has 0 bridgehead atoms. The molecule has 3 heterocycles. The second kappa shape index (κ2) is 7.17. The number of ether oxygens (including phenoxy) is 1. The number of carbonyl (C=O) groups excluding carboxylic acids is 1. The van der Waals surface area contributed by atoms with E-state index in [9.17, 15) is 4.79 Å². The van der Waals surface area contributed by atoms with E-state index in [2.05, 4.69) is 28.4 Å². The van der Waals surface area contributed by atoms with Crippen LogP contribution >= 0.6 is 0 Å². The molecule has 0 unspecified atom stereocenters. The van der Waals surface area contributed by atoms with Gasteiger partial charge < -0.3 is 19.9 Å². The molecule has 0 spiro atoms. The number of piperidine rings is 1. The summed E-state index contributed by atoms with van der Waals surface area (Å²) in [5, 5.41) is 0.776. The van der Waals surface area contributed by atoms with Crippen molar-refractivity contribution in [1.82, 2.24) is 19.4 Å². The van der Waals surface area contributed by atoms with Gasteiger partial charge in [-0.3, -0.25) is 4.79 Å². The van der Waals surface area contributed by atoms with Crippen molar-refractivity contribution in [2.45, 2.75) is 0 Å². The van der Waals surface area contributed by atoms with Crippen LogP contribution in [0.3, 0.4) is 0 Å². The van der Waals surface area contributed by atoms with E-state index in [1.807, 2.05) is 40.8 Å². The topological polar surface area (TPSA) is 86.3 Å². The highest BCUT2D eigenvalue weighted by Gasteiger charge is 2.55. The van der Waals surface area contributed by atoms with Gasteiger partial charge in [0.1, 0.15) is 29.2 Å². The highest BCUT2D eigenvalue weighted by Crippen LogP contribution is 2.51. The van der Waals surface area contributed by atoms with Gasteiger partial charge in [0.2, 0.25) is 5.91 Å². The van der Waals surface area contributed by atoms with Crippen molar-refractivity contribution in [3.05, 3.63) is 48.9 Å². The molecule has 2 N–H and O–H groups in total. The van der Waals surface area contributed by atoms with Crippen LogP contribution in [0.5, 0.6) is 5.75 Å². The summed E-state index contributed by atoms with van der Waals surface area (Å²) in [7, 11) is 3.59. The average molecular weight is 413 g/mol. The lowest BCUT2D eigenvalue weighted by Crippen LogP contribution is -2.29. The number of amides is 1. The third-order valence-corrected chi connectivity index (χ3v) is 6.41. The van der Waals surface area contributed by atoms with Crippen LogP contribution in [0.15, 0.2) is 43.2 Å². The Morgan fingerprint density at radius 1 is 1.29 bits per heavy atom. The van der Waals surface area contributed by atoms with E-state index in [1.165, 1.54) is 12.4 Å². The predicted octanol–water partition coefficient (Wildman–Crippen LogP) is 2.47. The zero-order valence-electron chi connectivity index (χ0n) is 17.5. The summed E-state index contributed by atoms with van der Waals surface area (Å²) in [5.41, 5.74) is 9.62. The molecule has 3 aromatic rings. The number of likely N-dealkylation sites (tertiary alicyclic amines) is 1. The maximum Gasteiger partial charge on any atom is 0.245 e. The number of para-hydroxylation sites is 1. The molecule has 1 aliphatic heterocycles. The van der Waals surface area contributed by atoms with Gasteiger partial charge in [-0.05, 0) is 29.9 Å². The fourth-order valence-electron chi connectivity index (χ4n) is 4.74. The number of hydrogen-bond donors (Lipinski definition) is 1. The molecule has 2 aliphatic rings. The minimum Gasteiger partial charge on any atom is -0.496 e. The molecule has 7 heteroatoms. The van der Waals surface area contributed by atoms with Crippen molar-refractivity contribution in [2.24, 2.45) is 24.8 Å². The molecule has 7 nitrogen and oxygen atoms in total. The van der Waals surface area contributed by atoms with E-state index >= 15 is 0 Å². The lowest BCUT2D eigenvalue weighted by Gasteiger charge is -2.16. The van der Waals surface area contributed by atoms with Crippen LogP contribution < -0.4 is 10.5 Å². The Labute approximate surface area is 180 Å². The fraction of sp³-hybridized carbons (Fsp3) is 0.292. The van der Waals surface area contributed by atoms with E-state index in [0.29, 0.717) is 23.6 Å². The number of aromatic nitrogens is 3. The van der Waals surface area contributed by atoms with Crippen LogP contribution in [0.1, 0.15) is 5.69 Å². The Morgan fingerprint density at radius 3 is 2.74 bits per heavy atom. The van der Waals surface area contributed by atoms with Crippen LogP contribution in [0.25, 0.3) is 22.2 Å². The fourth-order valence-corrected chi connectivity index (χ4v) is 4.74. The van der Waals surface area contributed by atoms with Gasteiger partial charge in [0, 0.05) is 37.2 Å². The lowest BCUT2D eigenvalue weighted by atomic mass is 10.0. The first-order chi connectivity index (χ1) is 15.0. The van der Waals surface area contributed by atoms with Crippen LogP contribution in [-0.4, -0.2) is 45.5 Å². The zero-order valence-corrected chi connectivity index (χ0v) is 17.5. The number of nitrogen functional groups attached to an aromatic ring is 1. The number of fused-ring (bicyclic) bond motifs is 2. The van der Waals surface area contributed by atoms with Crippen LogP contribution in [-0.2, 0) is 11.8 Å². The predicted molar refractivity (Wildman–Crippen MR) is 119 cm³/mol.